The zero-order valence-electron chi connectivity index (χ0n) is 18.4. The zero-order chi connectivity index (χ0) is 24.5. The van der Waals surface area contributed by atoms with Crippen molar-refractivity contribution in [3.05, 3.63) is 71.8 Å². The SMILES string of the molecule is C=CC(=O)N1CCOCC(n2c(NC(=O)c3cccc(C(F)(F)F)c3)nc3cccc(C)c32)C1. The van der Waals surface area contributed by atoms with Crippen LogP contribution in [0.15, 0.2) is 55.1 Å². The van der Waals surface area contributed by atoms with Gasteiger partial charge in [0.15, 0.2) is 0 Å². The number of ether oxygens (including phenoxy) is 1. The van der Waals surface area contributed by atoms with Gasteiger partial charge in [-0.2, -0.15) is 13.2 Å². The number of carbonyl (C=O) groups is 2. The highest BCUT2D eigenvalue weighted by molar-refractivity contribution is 6.04. The summed E-state index contributed by atoms with van der Waals surface area (Å²) in [7, 11) is 0. The van der Waals surface area contributed by atoms with Gasteiger partial charge in [-0.15, -0.1) is 0 Å². The van der Waals surface area contributed by atoms with Crippen LogP contribution >= 0.6 is 0 Å². The lowest BCUT2D eigenvalue weighted by Crippen LogP contribution is -2.36. The van der Waals surface area contributed by atoms with Crippen molar-refractivity contribution in [2.45, 2.75) is 19.1 Å². The van der Waals surface area contributed by atoms with Crippen molar-refractivity contribution < 1.29 is 27.5 Å². The lowest BCUT2D eigenvalue weighted by atomic mass is 10.1. The Bertz CT molecular complexity index is 1250. The van der Waals surface area contributed by atoms with Crippen LogP contribution in [0.3, 0.4) is 0 Å². The number of imidazole rings is 1. The fraction of sp³-hybridized carbons (Fsp3) is 0.292. The molecular weight excluding hydrogens is 449 g/mol. The molecule has 1 N–H and O–H groups in total. The molecule has 2 heterocycles. The number of alkyl halides is 3. The first-order chi connectivity index (χ1) is 16.2. The number of hydrogen-bond acceptors (Lipinski definition) is 4. The third-order valence-electron chi connectivity index (χ3n) is 5.69. The van der Waals surface area contributed by atoms with E-state index in [1.165, 1.54) is 18.2 Å². The number of benzene rings is 2. The minimum absolute atomic E-state index is 0.147. The predicted octanol–water partition coefficient (Wildman–Crippen LogP) is 4.20. The number of nitrogens with zero attached hydrogens (tertiary/aromatic N) is 3. The van der Waals surface area contributed by atoms with E-state index in [1.54, 1.807) is 15.5 Å². The minimum atomic E-state index is -4.57. The summed E-state index contributed by atoms with van der Waals surface area (Å²) in [5.41, 5.74) is 1.16. The lowest BCUT2D eigenvalue weighted by Gasteiger charge is -2.25. The summed E-state index contributed by atoms with van der Waals surface area (Å²) in [5, 5.41) is 2.66. The summed E-state index contributed by atoms with van der Waals surface area (Å²) < 4.78 is 46.9. The molecule has 0 aliphatic carbocycles. The van der Waals surface area contributed by atoms with Gasteiger partial charge in [-0.05, 0) is 42.8 Å². The monoisotopic (exact) mass is 472 g/mol. The van der Waals surface area contributed by atoms with Crippen molar-refractivity contribution in [2.75, 3.05) is 31.6 Å². The van der Waals surface area contributed by atoms with E-state index in [1.807, 2.05) is 19.1 Å². The van der Waals surface area contributed by atoms with Gasteiger partial charge in [0.1, 0.15) is 0 Å². The first-order valence-electron chi connectivity index (χ1n) is 10.6. The van der Waals surface area contributed by atoms with Crippen LogP contribution in [0.2, 0.25) is 0 Å². The third-order valence-corrected chi connectivity index (χ3v) is 5.69. The molecule has 1 aliphatic heterocycles. The summed E-state index contributed by atoms with van der Waals surface area (Å²) in [6.45, 7) is 6.71. The number of nitrogens with one attached hydrogen (secondary N) is 1. The van der Waals surface area contributed by atoms with Gasteiger partial charge >= 0.3 is 6.18 Å². The summed E-state index contributed by atoms with van der Waals surface area (Å²) in [4.78, 5) is 31.4. The van der Waals surface area contributed by atoms with Crippen molar-refractivity contribution in [2.24, 2.45) is 0 Å². The number of hydrogen-bond donors (Lipinski definition) is 1. The van der Waals surface area contributed by atoms with Gasteiger partial charge in [-0.25, -0.2) is 4.98 Å². The fourth-order valence-corrected chi connectivity index (χ4v) is 4.05. The average molecular weight is 472 g/mol. The maximum absolute atomic E-state index is 13.1. The van der Waals surface area contributed by atoms with E-state index >= 15 is 0 Å². The highest BCUT2D eigenvalue weighted by Gasteiger charge is 2.31. The number of aryl methyl sites for hydroxylation is 1. The molecule has 0 radical (unpaired) electrons. The third kappa shape index (κ3) is 4.67. The maximum Gasteiger partial charge on any atom is 0.416 e. The molecule has 1 fully saturated rings. The van der Waals surface area contributed by atoms with E-state index in [9.17, 15) is 22.8 Å². The number of para-hydroxylation sites is 1. The Balaban J connectivity index is 1.75. The second-order valence-electron chi connectivity index (χ2n) is 8.00. The van der Waals surface area contributed by atoms with E-state index in [-0.39, 0.29) is 30.6 Å². The van der Waals surface area contributed by atoms with E-state index in [4.69, 9.17) is 4.74 Å². The number of carbonyl (C=O) groups excluding carboxylic acids is 2. The molecule has 1 atom stereocenters. The molecule has 0 saturated carbocycles. The van der Waals surface area contributed by atoms with Crippen LogP contribution in [0.5, 0.6) is 0 Å². The molecule has 3 aromatic rings. The largest absolute Gasteiger partial charge is 0.416 e. The van der Waals surface area contributed by atoms with Crippen molar-refractivity contribution in [3.63, 3.8) is 0 Å². The van der Waals surface area contributed by atoms with Gasteiger partial charge in [-0.3, -0.25) is 14.9 Å². The molecule has 1 saturated heterocycles. The molecule has 0 bridgehead atoms. The Kier molecular flexibility index (Phi) is 6.43. The van der Waals surface area contributed by atoms with E-state index in [0.29, 0.717) is 18.7 Å². The lowest BCUT2D eigenvalue weighted by molar-refractivity contribution is -0.137. The van der Waals surface area contributed by atoms with Gasteiger partial charge in [0.05, 0.1) is 35.9 Å². The molecule has 1 aromatic heterocycles. The Hall–Kier alpha value is -3.66. The second-order valence-corrected chi connectivity index (χ2v) is 8.00. The predicted molar refractivity (Wildman–Crippen MR) is 121 cm³/mol. The summed E-state index contributed by atoms with van der Waals surface area (Å²) in [6.07, 6.45) is -3.34. The van der Waals surface area contributed by atoms with Crippen molar-refractivity contribution in [1.29, 1.82) is 0 Å². The number of rotatable bonds is 4. The minimum Gasteiger partial charge on any atom is -0.377 e. The Morgan fingerprint density at radius 3 is 2.74 bits per heavy atom. The Morgan fingerprint density at radius 2 is 2.00 bits per heavy atom. The number of amides is 2. The van der Waals surface area contributed by atoms with Gasteiger partial charge in [0.25, 0.3) is 5.91 Å². The fourth-order valence-electron chi connectivity index (χ4n) is 4.05. The number of halogens is 3. The van der Waals surface area contributed by atoms with Crippen LogP contribution < -0.4 is 5.32 Å². The molecule has 178 valence electrons. The average Bonchev–Trinajstić information content (AvgIpc) is 3.00. The molecule has 2 amide bonds. The molecule has 10 heteroatoms. The summed E-state index contributed by atoms with van der Waals surface area (Å²) in [6, 6.07) is 9.30. The van der Waals surface area contributed by atoms with E-state index in [0.717, 1.165) is 23.2 Å². The van der Waals surface area contributed by atoms with Crippen LogP contribution in [0.25, 0.3) is 11.0 Å². The van der Waals surface area contributed by atoms with Crippen LogP contribution in [-0.4, -0.2) is 52.6 Å². The summed E-state index contributed by atoms with van der Waals surface area (Å²) >= 11 is 0. The number of aromatic nitrogens is 2. The van der Waals surface area contributed by atoms with Crippen LogP contribution in [-0.2, 0) is 15.7 Å². The van der Waals surface area contributed by atoms with Crippen molar-refractivity contribution in [1.82, 2.24) is 14.5 Å². The molecule has 1 unspecified atom stereocenters. The van der Waals surface area contributed by atoms with Gasteiger partial charge in [-0.1, -0.05) is 24.8 Å². The van der Waals surface area contributed by atoms with Crippen LogP contribution in [0.4, 0.5) is 19.1 Å². The van der Waals surface area contributed by atoms with E-state index < -0.39 is 23.7 Å². The second kappa shape index (κ2) is 9.30. The zero-order valence-corrected chi connectivity index (χ0v) is 18.4. The van der Waals surface area contributed by atoms with E-state index in [2.05, 4.69) is 16.9 Å². The maximum atomic E-state index is 13.1. The standard InChI is InChI=1S/C24H23F3N4O3/c1-3-20(32)30-10-11-34-14-18(13-30)31-21-15(2)6-4-9-19(21)28-23(31)29-22(33)16-7-5-8-17(12-16)24(25,26)27/h3-9,12,18H,1,10-11,13-14H2,2H3,(H,28,29,33). The van der Waals surface area contributed by atoms with Gasteiger partial charge in [0.2, 0.25) is 11.9 Å². The molecule has 1 aliphatic rings. The van der Waals surface area contributed by atoms with Gasteiger partial charge < -0.3 is 14.2 Å². The van der Waals surface area contributed by atoms with Crippen LogP contribution in [0.1, 0.15) is 27.5 Å². The first kappa shape index (κ1) is 23.5. The number of fused-ring (bicyclic) bond motifs is 1. The molecule has 0 spiro atoms. The summed E-state index contributed by atoms with van der Waals surface area (Å²) in [5.74, 6) is -0.812. The molecule has 2 aromatic carbocycles. The molecule has 7 nitrogen and oxygen atoms in total. The van der Waals surface area contributed by atoms with Crippen molar-refractivity contribution >= 4 is 28.8 Å². The highest BCUT2D eigenvalue weighted by atomic mass is 19.4. The number of anilines is 1. The molecule has 4 rings (SSSR count). The Labute approximate surface area is 193 Å². The van der Waals surface area contributed by atoms with Crippen molar-refractivity contribution in [3.8, 4) is 0 Å². The molecular formula is C24H23F3N4O3. The quantitative estimate of drug-likeness (QED) is 0.578. The highest BCUT2D eigenvalue weighted by Crippen LogP contribution is 2.31. The Morgan fingerprint density at radius 1 is 1.24 bits per heavy atom. The normalized spacial score (nSPS) is 16.8. The van der Waals surface area contributed by atoms with Gasteiger partial charge in [0, 0.05) is 18.7 Å². The molecule has 34 heavy (non-hydrogen) atoms. The first-order valence-corrected chi connectivity index (χ1v) is 10.6. The smallest absolute Gasteiger partial charge is 0.377 e. The topological polar surface area (TPSA) is 76.5 Å². The van der Waals surface area contributed by atoms with Crippen LogP contribution in [0, 0.1) is 6.92 Å².